The predicted octanol–water partition coefficient (Wildman–Crippen LogP) is 2.97. The first kappa shape index (κ1) is 22.3. The molecular formula is C17H17BrF3N5O3S. The summed E-state index contributed by atoms with van der Waals surface area (Å²) in [5, 5.41) is 0. The minimum atomic E-state index is -4.77. The first-order valence-corrected chi connectivity index (χ1v) is 11.1. The Balaban J connectivity index is 2.46. The Morgan fingerprint density at radius 3 is 2.37 bits per heavy atom. The first-order chi connectivity index (χ1) is 13.8. The van der Waals surface area contributed by atoms with Crippen molar-refractivity contribution in [2.75, 3.05) is 11.5 Å². The van der Waals surface area contributed by atoms with Crippen LogP contribution in [0.1, 0.15) is 19.5 Å². The van der Waals surface area contributed by atoms with Crippen molar-refractivity contribution in [2.45, 2.75) is 31.5 Å². The van der Waals surface area contributed by atoms with Crippen LogP contribution in [0.5, 0.6) is 0 Å². The molecule has 0 aliphatic carbocycles. The molecule has 0 unspecified atom stereocenters. The van der Waals surface area contributed by atoms with Crippen LogP contribution in [-0.2, 0) is 29.6 Å². The van der Waals surface area contributed by atoms with Crippen molar-refractivity contribution >= 4 is 42.6 Å². The summed E-state index contributed by atoms with van der Waals surface area (Å²) in [6, 6.07) is 2.03. The molecule has 0 atom stereocenters. The molecule has 0 aliphatic heterocycles. The van der Waals surface area contributed by atoms with Gasteiger partial charge in [-0.25, -0.2) is 18.4 Å². The minimum absolute atomic E-state index is 0.0333. The maximum Gasteiger partial charge on any atom is 0.431 e. The number of nitrogens with two attached hydrogens (primary N) is 1. The zero-order chi connectivity index (χ0) is 22.6. The molecule has 13 heteroatoms. The molecule has 0 aromatic carbocycles. The van der Waals surface area contributed by atoms with Crippen LogP contribution < -0.4 is 11.3 Å². The van der Waals surface area contributed by atoms with Gasteiger partial charge < -0.3 is 14.9 Å². The maximum absolute atomic E-state index is 13.4. The fourth-order valence-electron chi connectivity index (χ4n) is 3.12. The maximum atomic E-state index is 13.4. The predicted molar refractivity (Wildman–Crippen MR) is 109 cm³/mol. The van der Waals surface area contributed by atoms with Gasteiger partial charge in [-0.3, -0.25) is 4.79 Å². The largest absolute Gasteiger partial charge is 0.431 e. The zero-order valence-electron chi connectivity index (χ0n) is 16.1. The Morgan fingerprint density at radius 1 is 1.20 bits per heavy atom. The van der Waals surface area contributed by atoms with E-state index in [9.17, 15) is 26.4 Å². The number of aromatic nitrogens is 4. The topological polar surface area (TPSA) is 113 Å². The third-order valence-electron chi connectivity index (χ3n) is 4.64. The standard InChI is InChI=1S/C17H17BrF3N5O3S/c1-4-26-11(17(19,20)21)7-9-13(16(26)27)25(3)15(23-9)12-10(30(28,29)5-2)6-8(18)14(22)24-12/h6-7H,4-5H2,1-3H3,(H2,22,24). The molecule has 30 heavy (non-hydrogen) atoms. The third kappa shape index (κ3) is 3.49. The molecule has 2 N–H and O–H groups in total. The lowest BCUT2D eigenvalue weighted by molar-refractivity contribution is -0.144. The molecule has 0 saturated heterocycles. The summed E-state index contributed by atoms with van der Waals surface area (Å²) < 4.78 is 67.5. The van der Waals surface area contributed by atoms with E-state index in [2.05, 4.69) is 25.9 Å². The van der Waals surface area contributed by atoms with E-state index >= 15 is 0 Å². The summed E-state index contributed by atoms with van der Waals surface area (Å²) in [6.45, 7) is 2.65. The van der Waals surface area contributed by atoms with E-state index in [-0.39, 0.29) is 50.0 Å². The monoisotopic (exact) mass is 507 g/mol. The number of pyridine rings is 2. The van der Waals surface area contributed by atoms with Crippen LogP contribution in [-0.4, -0.2) is 33.3 Å². The Kier molecular flexibility index (Phi) is 5.48. The molecule has 8 nitrogen and oxygen atoms in total. The lowest BCUT2D eigenvalue weighted by atomic mass is 10.3. The number of nitrogen functional groups attached to an aromatic ring is 1. The molecule has 0 saturated carbocycles. The van der Waals surface area contributed by atoms with E-state index in [1.807, 2.05) is 0 Å². The lowest BCUT2D eigenvalue weighted by Crippen LogP contribution is -2.28. The Bertz CT molecular complexity index is 1330. The van der Waals surface area contributed by atoms with Gasteiger partial charge in [-0.1, -0.05) is 6.92 Å². The Hall–Kier alpha value is -2.41. The second-order valence-electron chi connectivity index (χ2n) is 6.41. The van der Waals surface area contributed by atoms with Crippen molar-refractivity contribution in [2.24, 2.45) is 7.05 Å². The van der Waals surface area contributed by atoms with Crippen LogP contribution in [0.4, 0.5) is 19.0 Å². The SMILES string of the molecule is CCn1c(C(F)(F)F)cc2nc(-c3nc(N)c(Br)cc3S(=O)(=O)CC)n(C)c2c1=O. The Labute approximate surface area is 177 Å². The number of halogens is 4. The molecule has 0 aliphatic rings. The average Bonchev–Trinajstić information content (AvgIpc) is 2.99. The van der Waals surface area contributed by atoms with Crippen molar-refractivity contribution < 1.29 is 21.6 Å². The van der Waals surface area contributed by atoms with Crippen molar-refractivity contribution in [1.29, 1.82) is 0 Å². The number of anilines is 1. The molecule has 0 amide bonds. The molecule has 3 heterocycles. The number of sulfone groups is 1. The first-order valence-electron chi connectivity index (χ1n) is 8.70. The molecule has 162 valence electrons. The van der Waals surface area contributed by atoms with E-state index in [1.165, 1.54) is 31.5 Å². The number of rotatable bonds is 4. The number of fused-ring (bicyclic) bond motifs is 1. The van der Waals surface area contributed by atoms with Gasteiger partial charge in [0.15, 0.2) is 15.7 Å². The van der Waals surface area contributed by atoms with Gasteiger partial charge >= 0.3 is 6.18 Å². The molecule has 0 radical (unpaired) electrons. The highest BCUT2D eigenvalue weighted by Gasteiger charge is 2.36. The summed E-state index contributed by atoms with van der Waals surface area (Å²) in [5.41, 5.74) is 3.29. The minimum Gasteiger partial charge on any atom is -0.383 e. The second-order valence-corrected chi connectivity index (χ2v) is 9.51. The molecule has 3 aromatic rings. The van der Waals surface area contributed by atoms with E-state index in [0.29, 0.717) is 4.57 Å². The molecule has 0 fully saturated rings. The average molecular weight is 508 g/mol. The molecule has 0 spiro atoms. The van der Waals surface area contributed by atoms with Gasteiger partial charge in [0.1, 0.15) is 22.7 Å². The van der Waals surface area contributed by atoms with Gasteiger partial charge in [-0.2, -0.15) is 13.2 Å². The van der Waals surface area contributed by atoms with Crippen LogP contribution in [0.2, 0.25) is 0 Å². The van der Waals surface area contributed by atoms with Gasteiger partial charge in [0.25, 0.3) is 5.56 Å². The highest BCUT2D eigenvalue weighted by atomic mass is 79.9. The smallest absolute Gasteiger partial charge is 0.383 e. The van der Waals surface area contributed by atoms with Crippen LogP contribution in [0.3, 0.4) is 0 Å². The van der Waals surface area contributed by atoms with Gasteiger partial charge in [0.2, 0.25) is 0 Å². The fourth-order valence-corrected chi connectivity index (χ4v) is 4.63. The summed E-state index contributed by atoms with van der Waals surface area (Å²) in [4.78, 5) is 20.8. The van der Waals surface area contributed by atoms with Crippen molar-refractivity contribution in [3.8, 4) is 11.5 Å². The van der Waals surface area contributed by atoms with Crippen LogP contribution in [0, 0.1) is 0 Å². The summed E-state index contributed by atoms with van der Waals surface area (Å²) in [7, 11) is -2.39. The van der Waals surface area contributed by atoms with Crippen molar-refractivity contribution in [3.63, 3.8) is 0 Å². The van der Waals surface area contributed by atoms with Gasteiger partial charge in [-0.05, 0) is 35.0 Å². The normalized spacial score (nSPS) is 12.6. The van der Waals surface area contributed by atoms with Crippen molar-refractivity contribution in [1.82, 2.24) is 19.1 Å². The van der Waals surface area contributed by atoms with Gasteiger partial charge in [0.05, 0.1) is 20.6 Å². The summed E-state index contributed by atoms with van der Waals surface area (Å²) in [5.74, 6) is -0.368. The van der Waals surface area contributed by atoms with E-state index < -0.39 is 27.3 Å². The molecular weight excluding hydrogens is 491 g/mol. The zero-order valence-corrected chi connectivity index (χ0v) is 18.5. The number of hydrogen-bond acceptors (Lipinski definition) is 6. The summed E-state index contributed by atoms with van der Waals surface area (Å²) in [6.07, 6.45) is -4.77. The second kappa shape index (κ2) is 7.38. The number of imidazole rings is 1. The number of alkyl halides is 3. The van der Waals surface area contributed by atoms with E-state index in [0.717, 1.165) is 6.07 Å². The van der Waals surface area contributed by atoms with Crippen LogP contribution in [0.25, 0.3) is 22.6 Å². The van der Waals surface area contributed by atoms with Crippen LogP contribution >= 0.6 is 15.9 Å². The third-order valence-corrected chi connectivity index (χ3v) is 7.01. The lowest BCUT2D eigenvalue weighted by Gasteiger charge is -2.14. The fraction of sp³-hybridized carbons (Fsp3) is 0.353. The quantitative estimate of drug-likeness (QED) is 0.580. The van der Waals surface area contributed by atoms with E-state index in [1.54, 1.807) is 0 Å². The summed E-state index contributed by atoms with van der Waals surface area (Å²) >= 11 is 3.13. The number of aryl methyl sites for hydroxylation is 1. The molecule has 3 aromatic heterocycles. The van der Waals surface area contributed by atoms with Gasteiger partial charge in [-0.15, -0.1) is 0 Å². The highest BCUT2D eigenvalue weighted by molar-refractivity contribution is 9.10. The van der Waals surface area contributed by atoms with Crippen LogP contribution in [0.15, 0.2) is 26.3 Å². The van der Waals surface area contributed by atoms with Gasteiger partial charge in [0, 0.05) is 13.6 Å². The highest BCUT2D eigenvalue weighted by Crippen LogP contribution is 2.34. The van der Waals surface area contributed by atoms with E-state index in [4.69, 9.17) is 5.73 Å². The Morgan fingerprint density at radius 2 is 1.83 bits per heavy atom. The molecule has 3 rings (SSSR count). The van der Waals surface area contributed by atoms with Crippen molar-refractivity contribution in [3.05, 3.63) is 32.7 Å². The number of hydrogen-bond donors (Lipinski definition) is 1. The molecule has 0 bridgehead atoms. The number of nitrogens with zero attached hydrogens (tertiary/aromatic N) is 4.